The maximum Gasteiger partial charge on any atom is 0.257 e. The molecule has 0 amide bonds. The van der Waals surface area contributed by atoms with Crippen molar-refractivity contribution in [2.75, 3.05) is 0 Å². The summed E-state index contributed by atoms with van der Waals surface area (Å²) in [5.74, 6) is 0. The maximum atomic E-state index is 11.9. The minimum atomic E-state index is -0.0781. The second-order valence-electron chi connectivity index (χ2n) is 4.30. The molecular formula is C14H12N2O. The quantitative estimate of drug-likeness (QED) is 0.597. The summed E-state index contributed by atoms with van der Waals surface area (Å²) < 4.78 is 0. The highest BCUT2D eigenvalue weighted by Crippen LogP contribution is 2.23. The van der Waals surface area contributed by atoms with Crippen LogP contribution in [0.3, 0.4) is 0 Å². The lowest BCUT2D eigenvalue weighted by Crippen LogP contribution is -2.08. The summed E-state index contributed by atoms with van der Waals surface area (Å²) in [4.78, 5) is 19.2. The van der Waals surface area contributed by atoms with Gasteiger partial charge < -0.3 is 4.98 Å². The molecule has 0 saturated carbocycles. The molecule has 3 rings (SSSR count). The van der Waals surface area contributed by atoms with E-state index in [2.05, 4.69) is 9.97 Å². The lowest BCUT2D eigenvalue weighted by atomic mass is 10.0. The first-order valence-electron chi connectivity index (χ1n) is 5.56. The van der Waals surface area contributed by atoms with Crippen LogP contribution in [0.4, 0.5) is 0 Å². The zero-order valence-electron chi connectivity index (χ0n) is 9.74. The van der Waals surface area contributed by atoms with E-state index >= 15 is 0 Å². The molecule has 0 aliphatic carbocycles. The Morgan fingerprint density at radius 3 is 2.59 bits per heavy atom. The van der Waals surface area contributed by atoms with Crippen LogP contribution in [0.25, 0.3) is 21.8 Å². The number of H-pyrrole nitrogens is 1. The van der Waals surface area contributed by atoms with Crippen molar-refractivity contribution >= 4 is 21.8 Å². The van der Waals surface area contributed by atoms with Crippen LogP contribution in [0.5, 0.6) is 0 Å². The summed E-state index contributed by atoms with van der Waals surface area (Å²) in [5, 5.41) is 2.72. The van der Waals surface area contributed by atoms with Gasteiger partial charge >= 0.3 is 0 Å². The van der Waals surface area contributed by atoms with Gasteiger partial charge in [0.15, 0.2) is 0 Å². The van der Waals surface area contributed by atoms with Crippen LogP contribution in [0.15, 0.2) is 35.1 Å². The van der Waals surface area contributed by atoms with Crippen LogP contribution >= 0.6 is 0 Å². The van der Waals surface area contributed by atoms with E-state index in [9.17, 15) is 4.79 Å². The van der Waals surface area contributed by atoms with Gasteiger partial charge in [-0.2, -0.15) is 0 Å². The lowest BCUT2D eigenvalue weighted by molar-refractivity contribution is 1.18. The summed E-state index contributed by atoms with van der Waals surface area (Å²) in [5.41, 5.74) is 2.65. The predicted octanol–water partition coefficient (Wildman–Crippen LogP) is 2.69. The van der Waals surface area contributed by atoms with Crippen LogP contribution < -0.4 is 5.56 Å². The van der Waals surface area contributed by atoms with Crippen LogP contribution in [0, 0.1) is 13.8 Å². The minimum absolute atomic E-state index is 0.0781. The second kappa shape index (κ2) is 3.42. The number of aromatic nitrogens is 2. The minimum Gasteiger partial charge on any atom is -0.306 e. The average Bonchev–Trinajstić information content (AvgIpc) is 2.28. The van der Waals surface area contributed by atoms with Gasteiger partial charge in [-0.1, -0.05) is 18.2 Å². The highest BCUT2D eigenvalue weighted by molar-refractivity contribution is 6.05. The monoisotopic (exact) mass is 224 g/mol. The van der Waals surface area contributed by atoms with Crippen LogP contribution in [0.2, 0.25) is 0 Å². The lowest BCUT2D eigenvalue weighted by Gasteiger charge is -2.06. The Morgan fingerprint density at radius 1 is 1.12 bits per heavy atom. The molecular weight excluding hydrogens is 212 g/mol. The summed E-state index contributed by atoms with van der Waals surface area (Å²) in [6.45, 7) is 3.97. The fraction of sp³-hybridized carbons (Fsp3) is 0.143. The van der Waals surface area contributed by atoms with Gasteiger partial charge in [-0.15, -0.1) is 0 Å². The van der Waals surface area contributed by atoms with Crippen LogP contribution in [-0.4, -0.2) is 9.97 Å². The molecule has 0 spiro atoms. The van der Waals surface area contributed by atoms with Gasteiger partial charge in [0.05, 0.1) is 0 Å². The Labute approximate surface area is 98.1 Å². The van der Waals surface area contributed by atoms with Crippen molar-refractivity contribution in [2.45, 2.75) is 13.8 Å². The van der Waals surface area contributed by atoms with Crippen LogP contribution in [0.1, 0.15) is 11.3 Å². The molecule has 0 fully saturated rings. The molecule has 0 aliphatic heterocycles. The Balaban J connectivity index is 2.69. The zero-order valence-corrected chi connectivity index (χ0v) is 9.74. The van der Waals surface area contributed by atoms with E-state index in [-0.39, 0.29) is 5.56 Å². The predicted molar refractivity (Wildman–Crippen MR) is 69.3 cm³/mol. The van der Waals surface area contributed by atoms with Crippen molar-refractivity contribution < 1.29 is 0 Å². The van der Waals surface area contributed by atoms with E-state index in [1.165, 1.54) is 0 Å². The van der Waals surface area contributed by atoms with E-state index in [4.69, 9.17) is 0 Å². The number of aryl methyl sites for hydroxylation is 2. The van der Waals surface area contributed by atoms with Crippen molar-refractivity contribution in [2.24, 2.45) is 0 Å². The number of fused-ring (bicyclic) bond motifs is 3. The smallest absolute Gasteiger partial charge is 0.257 e. The van der Waals surface area contributed by atoms with Gasteiger partial charge in [0, 0.05) is 16.5 Å². The molecule has 3 nitrogen and oxygen atoms in total. The van der Waals surface area contributed by atoms with Gasteiger partial charge in [0.1, 0.15) is 5.65 Å². The van der Waals surface area contributed by atoms with Crippen molar-refractivity contribution in [1.82, 2.24) is 9.97 Å². The molecule has 0 atom stereocenters. The van der Waals surface area contributed by atoms with Crippen molar-refractivity contribution in [3.63, 3.8) is 0 Å². The van der Waals surface area contributed by atoms with Gasteiger partial charge in [-0.3, -0.25) is 4.79 Å². The molecule has 2 heterocycles. The topological polar surface area (TPSA) is 45.8 Å². The molecule has 0 bridgehead atoms. The molecule has 17 heavy (non-hydrogen) atoms. The van der Waals surface area contributed by atoms with E-state index in [1.54, 1.807) is 0 Å². The summed E-state index contributed by atoms with van der Waals surface area (Å²) >= 11 is 0. The Bertz CT molecular complexity index is 787. The number of aromatic amines is 1. The molecule has 2 aromatic heterocycles. The van der Waals surface area contributed by atoms with E-state index in [0.717, 1.165) is 22.0 Å². The van der Waals surface area contributed by atoms with Crippen molar-refractivity contribution in [1.29, 1.82) is 0 Å². The number of hydrogen-bond acceptors (Lipinski definition) is 2. The normalized spacial score (nSPS) is 11.2. The van der Waals surface area contributed by atoms with Crippen molar-refractivity contribution in [3.05, 3.63) is 51.9 Å². The van der Waals surface area contributed by atoms with Gasteiger partial charge in [0.2, 0.25) is 0 Å². The molecule has 1 aromatic carbocycles. The summed E-state index contributed by atoms with van der Waals surface area (Å²) in [6, 6.07) is 9.66. The van der Waals surface area contributed by atoms with E-state index < -0.39 is 0 Å². The average molecular weight is 224 g/mol. The Morgan fingerprint density at radius 2 is 1.82 bits per heavy atom. The molecule has 84 valence electrons. The molecule has 0 radical (unpaired) electrons. The molecule has 0 aliphatic rings. The first-order chi connectivity index (χ1) is 8.16. The number of pyridine rings is 2. The Kier molecular flexibility index (Phi) is 2.01. The van der Waals surface area contributed by atoms with E-state index in [1.807, 2.05) is 44.2 Å². The number of nitrogens with one attached hydrogen (secondary N) is 1. The largest absolute Gasteiger partial charge is 0.306 e. The first kappa shape index (κ1) is 10.0. The third-order valence-electron chi connectivity index (χ3n) is 3.02. The van der Waals surface area contributed by atoms with Gasteiger partial charge in [0.25, 0.3) is 5.56 Å². The summed E-state index contributed by atoms with van der Waals surface area (Å²) in [6.07, 6.45) is 0. The SMILES string of the molecule is Cc1cc(C)c2c(n1)[nH]c(=O)c1ccccc12. The summed E-state index contributed by atoms with van der Waals surface area (Å²) in [7, 11) is 0. The highest BCUT2D eigenvalue weighted by atomic mass is 16.1. The third kappa shape index (κ3) is 1.43. The number of rotatable bonds is 0. The second-order valence-corrected chi connectivity index (χ2v) is 4.30. The molecule has 3 aromatic rings. The van der Waals surface area contributed by atoms with E-state index in [0.29, 0.717) is 11.0 Å². The maximum absolute atomic E-state index is 11.9. The zero-order chi connectivity index (χ0) is 12.0. The van der Waals surface area contributed by atoms with Crippen molar-refractivity contribution in [3.8, 4) is 0 Å². The fourth-order valence-electron chi connectivity index (χ4n) is 2.34. The fourth-order valence-corrected chi connectivity index (χ4v) is 2.34. The Hall–Kier alpha value is -2.16. The molecule has 0 saturated heterocycles. The molecule has 1 N–H and O–H groups in total. The standard InChI is InChI=1S/C14H12N2O/c1-8-7-9(2)15-13-12(8)10-5-3-4-6-11(10)14(17)16-13/h3-7H,1-2H3,(H,15,16,17). The van der Waals surface area contributed by atoms with Gasteiger partial charge in [-0.05, 0) is 36.9 Å². The first-order valence-corrected chi connectivity index (χ1v) is 5.56. The molecule has 3 heteroatoms. The highest BCUT2D eigenvalue weighted by Gasteiger charge is 2.08. The number of benzene rings is 1. The van der Waals surface area contributed by atoms with Gasteiger partial charge in [-0.25, -0.2) is 4.98 Å². The molecule has 0 unspecified atom stereocenters. The van der Waals surface area contributed by atoms with Crippen LogP contribution in [-0.2, 0) is 0 Å². The number of nitrogens with zero attached hydrogens (tertiary/aromatic N) is 1. The number of hydrogen-bond donors (Lipinski definition) is 1. The third-order valence-corrected chi connectivity index (χ3v) is 3.02.